The van der Waals surface area contributed by atoms with Crippen LogP contribution in [0.4, 0.5) is 5.69 Å². The van der Waals surface area contributed by atoms with Gasteiger partial charge in [-0.1, -0.05) is 6.42 Å². The van der Waals surface area contributed by atoms with Crippen LogP contribution in [-0.4, -0.2) is 60.3 Å². The van der Waals surface area contributed by atoms with Gasteiger partial charge in [-0.2, -0.15) is 0 Å². The van der Waals surface area contributed by atoms with Crippen LogP contribution in [0.1, 0.15) is 29.6 Å². The van der Waals surface area contributed by atoms with Crippen LogP contribution in [0.3, 0.4) is 0 Å². The number of carbonyl (C=O) groups is 3. The van der Waals surface area contributed by atoms with Gasteiger partial charge in [0.15, 0.2) is 6.61 Å². The number of benzene rings is 1. The van der Waals surface area contributed by atoms with Crippen molar-refractivity contribution in [2.24, 2.45) is 5.92 Å². The third-order valence-electron chi connectivity index (χ3n) is 5.19. The van der Waals surface area contributed by atoms with E-state index in [9.17, 15) is 14.4 Å². The van der Waals surface area contributed by atoms with Crippen molar-refractivity contribution in [3.63, 3.8) is 0 Å². The van der Waals surface area contributed by atoms with Gasteiger partial charge in [0.1, 0.15) is 5.75 Å². The number of hydrogen-bond donors (Lipinski definition) is 1. The molecule has 0 bridgehead atoms. The molecule has 0 atom stereocenters. The van der Waals surface area contributed by atoms with Gasteiger partial charge in [0, 0.05) is 37.7 Å². The minimum absolute atomic E-state index is 0.00270. The van der Waals surface area contributed by atoms with Gasteiger partial charge in [-0.25, -0.2) is 0 Å². The second-order valence-electron chi connectivity index (χ2n) is 6.79. The van der Waals surface area contributed by atoms with Gasteiger partial charge in [-0.3, -0.25) is 14.4 Å². The van der Waals surface area contributed by atoms with Gasteiger partial charge < -0.3 is 19.9 Å². The van der Waals surface area contributed by atoms with Crippen LogP contribution in [0.2, 0.25) is 0 Å². The van der Waals surface area contributed by atoms with E-state index in [1.807, 2.05) is 4.90 Å². The molecule has 0 radical (unpaired) electrons. The molecular weight excluding hydrogens is 322 g/mol. The van der Waals surface area contributed by atoms with Gasteiger partial charge in [0.2, 0.25) is 5.91 Å². The normalized spacial score (nSPS) is 20.2. The van der Waals surface area contributed by atoms with Crippen LogP contribution in [0.5, 0.6) is 5.75 Å². The van der Waals surface area contributed by atoms with Crippen LogP contribution < -0.4 is 10.1 Å². The molecule has 0 spiro atoms. The Balaban J connectivity index is 1.39. The number of anilines is 1. The second kappa shape index (κ2) is 6.38. The number of nitrogens with zero attached hydrogens (tertiary/aromatic N) is 2. The summed E-state index contributed by atoms with van der Waals surface area (Å²) in [6.45, 7) is 2.25. The highest BCUT2D eigenvalue weighted by Crippen LogP contribution is 2.30. The summed E-state index contributed by atoms with van der Waals surface area (Å²) in [5, 5.41) is 2.72. The summed E-state index contributed by atoms with van der Waals surface area (Å²) in [6.07, 6.45) is 3.15. The van der Waals surface area contributed by atoms with E-state index in [0.717, 1.165) is 19.3 Å². The first kappa shape index (κ1) is 15.9. The summed E-state index contributed by atoms with van der Waals surface area (Å²) in [7, 11) is 0. The van der Waals surface area contributed by atoms with Gasteiger partial charge in [0.05, 0.1) is 5.69 Å². The zero-order chi connectivity index (χ0) is 17.4. The summed E-state index contributed by atoms with van der Waals surface area (Å²) in [4.78, 5) is 40.1. The van der Waals surface area contributed by atoms with Crippen LogP contribution in [-0.2, 0) is 9.59 Å². The van der Waals surface area contributed by atoms with Crippen LogP contribution in [0, 0.1) is 5.92 Å². The molecule has 2 fully saturated rings. The molecule has 132 valence electrons. The molecule has 2 aliphatic heterocycles. The molecule has 3 aliphatic rings. The van der Waals surface area contributed by atoms with Crippen molar-refractivity contribution in [3.05, 3.63) is 23.8 Å². The Morgan fingerprint density at radius 2 is 1.80 bits per heavy atom. The third kappa shape index (κ3) is 3.06. The number of amides is 3. The van der Waals surface area contributed by atoms with Gasteiger partial charge >= 0.3 is 0 Å². The molecule has 1 saturated heterocycles. The van der Waals surface area contributed by atoms with E-state index in [4.69, 9.17) is 4.74 Å². The zero-order valence-corrected chi connectivity index (χ0v) is 14.0. The Hall–Kier alpha value is -2.57. The molecule has 1 aromatic rings. The lowest BCUT2D eigenvalue weighted by molar-refractivity contribution is -0.139. The Morgan fingerprint density at radius 1 is 1.08 bits per heavy atom. The van der Waals surface area contributed by atoms with E-state index in [0.29, 0.717) is 43.2 Å². The van der Waals surface area contributed by atoms with Gasteiger partial charge in [0.25, 0.3) is 11.8 Å². The van der Waals surface area contributed by atoms with Gasteiger partial charge in [-0.05, 0) is 31.0 Å². The second-order valence-corrected chi connectivity index (χ2v) is 6.79. The quantitative estimate of drug-likeness (QED) is 0.872. The third-order valence-corrected chi connectivity index (χ3v) is 5.19. The molecule has 2 heterocycles. The zero-order valence-electron chi connectivity index (χ0n) is 14.0. The van der Waals surface area contributed by atoms with Gasteiger partial charge in [-0.15, -0.1) is 0 Å². The standard InChI is InChI=1S/C18H21N3O4/c22-16-11-25-15-5-4-13(10-14(15)19-16)18(24)21-8-6-20(7-9-21)17(23)12-2-1-3-12/h4-5,10,12H,1-3,6-9,11H2,(H,19,22). The lowest BCUT2D eigenvalue weighted by Crippen LogP contribution is -2.52. The van der Waals surface area contributed by atoms with E-state index in [2.05, 4.69) is 5.32 Å². The molecule has 7 heteroatoms. The molecule has 1 saturated carbocycles. The average molecular weight is 343 g/mol. The predicted molar refractivity (Wildman–Crippen MR) is 90.4 cm³/mol. The summed E-state index contributed by atoms with van der Waals surface area (Å²) in [5.74, 6) is 0.712. The van der Waals surface area contributed by atoms with E-state index < -0.39 is 0 Å². The lowest BCUT2D eigenvalue weighted by Gasteiger charge is -2.38. The number of carbonyl (C=O) groups excluding carboxylic acids is 3. The largest absolute Gasteiger partial charge is 0.482 e. The number of nitrogens with one attached hydrogen (secondary N) is 1. The topological polar surface area (TPSA) is 79.0 Å². The van der Waals surface area contributed by atoms with Crippen molar-refractivity contribution in [2.45, 2.75) is 19.3 Å². The Morgan fingerprint density at radius 3 is 2.48 bits per heavy atom. The smallest absolute Gasteiger partial charge is 0.262 e. The number of rotatable bonds is 2. The Bertz CT molecular complexity index is 721. The van der Waals surface area contributed by atoms with Crippen LogP contribution >= 0.6 is 0 Å². The highest BCUT2D eigenvalue weighted by Gasteiger charge is 2.32. The highest BCUT2D eigenvalue weighted by atomic mass is 16.5. The van der Waals surface area contributed by atoms with Crippen molar-refractivity contribution in [3.8, 4) is 5.75 Å². The van der Waals surface area contributed by atoms with Crippen LogP contribution in [0.15, 0.2) is 18.2 Å². The molecule has 1 N–H and O–H groups in total. The predicted octanol–water partition coefficient (Wildman–Crippen LogP) is 1.10. The van der Waals surface area contributed by atoms with Crippen LogP contribution in [0.25, 0.3) is 0 Å². The van der Waals surface area contributed by atoms with Crippen molar-refractivity contribution in [1.82, 2.24) is 9.80 Å². The van der Waals surface area contributed by atoms with Crippen molar-refractivity contribution < 1.29 is 19.1 Å². The SMILES string of the molecule is O=C1COc2ccc(C(=O)N3CCN(C(=O)C4CCC4)CC3)cc2N1. The fraction of sp³-hybridized carbons (Fsp3) is 0.500. The maximum absolute atomic E-state index is 12.7. The first-order valence-corrected chi connectivity index (χ1v) is 8.76. The van der Waals surface area contributed by atoms with E-state index in [1.165, 1.54) is 0 Å². The average Bonchev–Trinajstić information content (AvgIpc) is 2.59. The van der Waals surface area contributed by atoms with Crippen molar-refractivity contribution >= 4 is 23.4 Å². The lowest BCUT2D eigenvalue weighted by atomic mass is 9.84. The fourth-order valence-electron chi connectivity index (χ4n) is 3.44. The molecule has 25 heavy (non-hydrogen) atoms. The number of hydrogen-bond acceptors (Lipinski definition) is 4. The minimum Gasteiger partial charge on any atom is -0.482 e. The van der Waals surface area contributed by atoms with Crippen molar-refractivity contribution in [1.29, 1.82) is 0 Å². The fourth-order valence-corrected chi connectivity index (χ4v) is 3.44. The molecule has 0 aromatic heterocycles. The minimum atomic E-state index is -0.222. The maximum Gasteiger partial charge on any atom is 0.262 e. The summed E-state index contributed by atoms with van der Waals surface area (Å²) < 4.78 is 5.31. The first-order valence-electron chi connectivity index (χ1n) is 8.76. The highest BCUT2D eigenvalue weighted by molar-refractivity contribution is 6.00. The Labute approximate surface area is 145 Å². The summed E-state index contributed by atoms with van der Waals surface area (Å²) >= 11 is 0. The summed E-state index contributed by atoms with van der Waals surface area (Å²) in [5.41, 5.74) is 1.05. The Kier molecular flexibility index (Phi) is 4.07. The molecule has 1 aliphatic carbocycles. The number of ether oxygens (including phenoxy) is 1. The van der Waals surface area contributed by atoms with Crippen molar-refractivity contribution in [2.75, 3.05) is 38.1 Å². The first-order chi connectivity index (χ1) is 12.1. The maximum atomic E-state index is 12.7. The molecular formula is C18H21N3O4. The molecule has 1 aromatic carbocycles. The van der Waals surface area contributed by atoms with E-state index in [1.54, 1.807) is 23.1 Å². The van der Waals surface area contributed by atoms with E-state index in [-0.39, 0.29) is 30.2 Å². The number of piperazine rings is 1. The number of fused-ring (bicyclic) bond motifs is 1. The molecule has 0 unspecified atom stereocenters. The molecule has 7 nitrogen and oxygen atoms in total. The van der Waals surface area contributed by atoms with E-state index >= 15 is 0 Å². The molecule has 4 rings (SSSR count). The monoisotopic (exact) mass is 343 g/mol. The molecule has 3 amide bonds. The summed E-state index contributed by atoms with van der Waals surface area (Å²) in [6, 6.07) is 5.07.